The van der Waals surface area contributed by atoms with E-state index in [-0.39, 0.29) is 30.7 Å². The highest BCUT2D eigenvalue weighted by Gasteiger charge is 2.45. The maximum Gasteiger partial charge on any atom is 0.303 e. The van der Waals surface area contributed by atoms with Crippen molar-refractivity contribution in [2.75, 3.05) is 29.5 Å². The van der Waals surface area contributed by atoms with Crippen molar-refractivity contribution >= 4 is 53.4 Å². The molecular weight excluding hydrogens is 857 g/mol. The zero-order valence-electron chi connectivity index (χ0n) is 34.9. The van der Waals surface area contributed by atoms with Crippen molar-refractivity contribution < 1.29 is 58.1 Å². The fraction of sp³-hybridized carbons (Fsp3) is 0.378. The molecule has 0 spiro atoms. The number of carboxylic acids is 1. The van der Waals surface area contributed by atoms with Gasteiger partial charge < -0.3 is 19.3 Å². The lowest BCUT2D eigenvalue weighted by molar-refractivity contribution is -0.437. The Kier molecular flexibility index (Phi) is 13.9. The molecule has 0 fully saturated rings. The lowest BCUT2D eigenvalue weighted by Crippen LogP contribution is -2.30. The van der Waals surface area contributed by atoms with Gasteiger partial charge in [0.1, 0.15) is 18.1 Å². The van der Waals surface area contributed by atoms with Crippen molar-refractivity contribution in [2.45, 2.75) is 87.9 Å². The summed E-state index contributed by atoms with van der Waals surface area (Å²) in [6.07, 6.45) is 10.8. The van der Waals surface area contributed by atoms with Crippen LogP contribution in [0.4, 0.5) is 11.4 Å². The standard InChI is InChI=1S/C45H52N2O12S3/c1-44(2)36-14-4-6-16-38(36)46(28-10-30-60(50,51)52)40(44)25-19-32-12-8-13-33(43(32)59-34-21-23-35(24-22-34)62(56,57)58)20-26-41-45(3,27-9-18-42(48)49)37-15-5-7-17-39(37)47(41)29-11-31-61(53,54)55/h4-7,14-17,19-26H,8-13,18,27-31H2,1-3H3,(H3-,48,49,50,51,52,53,54,55,56,57,58). The lowest BCUT2D eigenvalue weighted by Gasteiger charge is -2.31. The molecule has 3 aromatic carbocycles. The highest BCUT2D eigenvalue weighted by molar-refractivity contribution is 7.86. The van der Waals surface area contributed by atoms with E-state index in [9.17, 15) is 48.8 Å². The molecule has 0 amide bonds. The molecule has 2 aliphatic heterocycles. The van der Waals surface area contributed by atoms with Crippen LogP contribution in [0.15, 0.2) is 125 Å². The number of allylic oxidation sites excluding steroid dienone is 7. The number of para-hydroxylation sites is 2. The van der Waals surface area contributed by atoms with Gasteiger partial charge in [-0.05, 0) is 118 Å². The minimum atomic E-state index is -4.48. The first-order valence-corrected chi connectivity index (χ1v) is 25.0. The van der Waals surface area contributed by atoms with Crippen LogP contribution in [0.3, 0.4) is 0 Å². The van der Waals surface area contributed by atoms with Gasteiger partial charge in [0.05, 0.1) is 26.2 Å². The van der Waals surface area contributed by atoms with Crippen LogP contribution in [-0.2, 0) is 46.0 Å². The topological polar surface area (TPSA) is 219 Å². The molecule has 62 heavy (non-hydrogen) atoms. The molecule has 3 aromatic rings. The molecular formula is C45H52N2O12S3. The normalized spacial score (nSPS) is 20.4. The average molecular weight is 909 g/mol. The lowest BCUT2D eigenvalue weighted by atomic mass is 9.77. The molecule has 3 N–H and O–H groups in total. The fourth-order valence-corrected chi connectivity index (χ4v) is 10.3. The van der Waals surface area contributed by atoms with Gasteiger partial charge in [-0.2, -0.15) is 21.4 Å². The van der Waals surface area contributed by atoms with Crippen molar-refractivity contribution in [3.8, 4) is 5.75 Å². The monoisotopic (exact) mass is 908 g/mol. The van der Waals surface area contributed by atoms with Crippen LogP contribution >= 0.6 is 0 Å². The second-order valence-corrected chi connectivity index (χ2v) is 21.0. The van der Waals surface area contributed by atoms with Gasteiger partial charge in [0.2, 0.25) is 5.69 Å². The highest BCUT2D eigenvalue weighted by atomic mass is 32.2. The number of anilines is 1. The maximum absolute atomic E-state index is 11.9. The summed E-state index contributed by atoms with van der Waals surface area (Å²) in [6, 6.07) is 20.9. The Labute approximate surface area is 363 Å². The van der Waals surface area contributed by atoms with Gasteiger partial charge in [0.25, 0.3) is 20.2 Å². The van der Waals surface area contributed by atoms with Gasteiger partial charge >= 0.3 is 5.97 Å². The van der Waals surface area contributed by atoms with Crippen LogP contribution in [-0.4, -0.2) is 84.9 Å². The Hall–Kier alpha value is -4.91. The van der Waals surface area contributed by atoms with Crippen LogP contribution in [0.5, 0.6) is 5.75 Å². The maximum atomic E-state index is 11.9. The van der Waals surface area contributed by atoms with E-state index in [0.29, 0.717) is 43.7 Å². The largest absolute Gasteiger partial charge is 0.748 e. The van der Waals surface area contributed by atoms with Crippen LogP contribution in [0.1, 0.15) is 83.3 Å². The molecule has 2 heterocycles. The predicted octanol–water partition coefficient (Wildman–Crippen LogP) is 7.44. The van der Waals surface area contributed by atoms with Gasteiger partial charge in [0.15, 0.2) is 5.71 Å². The summed E-state index contributed by atoms with van der Waals surface area (Å²) in [5.41, 5.74) is 5.85. The summed E-state index contributed by atoms with van der Waals surface area (Å²) >= 11 is 0. The smallest absolute Gasteiger partial charge is 0.303 e. The van der Waals surface area contributed by atoms with Crippen LogP contribution < -0.4 is 9.64 Å². The van der Waals surface area contributed by atoms with Gasteiger partial charge in [-0.15, -0.1) is 0 Å². The number of fused-ring (bicyclic) bond motifs is 2. The van der Waals surface area contributed by atoms with Crippen molar-refractivity contribution in [2.24, 2.45) is 0 Å². The van der Waals surface area contributed by atoms with Crippen molar-refractivity contribution in [3.63, 3.8) is 0 Å². The number of carbonyl (C=O) groups is 1. The Morgan fingerprint density at radius 1 is 0.839 bits per heavy atom. The third-order valence-corrected chi connectivity index (χ3v) is 14.2. The molecule has 1 aliphatic carbocycles. The first kappa shape index (κ1) is 46.6. The summed E-state index contributed by atoms with van der Waals surface area (Å²) in [7, 11) is -13.1. The zero-order chi connectivity index (χ0) is 45.1. The van der Waals surface area contributed by atoms with Crippen LogP contribution in [0, 0.1) is 0 Å². The third kappa shape index (κ3) is 10.8. The molecule has 0 radical (unpaired) electrons. The third-order valence-electron chi connectivity index (χ3n) is 11.8. The minimum absolute atomic E-state index is 0.0494. The van der Waals surface area contributed by atoms with E-state index in [1.807, 2.05) is 84.7 Å². The van der Waals surface area contributed by atoms with E-state index in [1.54, 1.807) is 0 Å². The highest BCUT2D eigenvalue weighted by Crippen LogP contribution is 2.51. The predicted molar refractivity (Wildman–Crippen MR) is 235 cm³/mol. The molecule has 0 bridgehead atoms. The van der Waals surface area contributed by atoms with Crippen molar-refractivity contribution in [3.05, 3.63) is 131 Å². The summed E-state index contributed by atoms with van der Waals surface area (Å²) in [5.74, 6) is -1.07. The quantitative estimate of drug-likeness (QED) is 0.0836. The number of aliphatic carboxylic acids is 1. The van der Waals surface area contributed by atoms with Crippen molar-refractivity contribution in [1.82, 2.24) is 0 Å². The summed E-state index contributed by atoms with van der Waals surface area (Å²) in [4.78, 5) is 13.3. The number of hydrogen-bond donors (Lipinski definition) is 3. The molecule has 1 unspecified atom stereocenters. The molecule has 0 aromatic heterocycles. The molecule has 14 nitrogen and oxygen atoms in total. The molecule has 0 saturated carbocycles. The molecule has 17 heteroatoms. The van der Waals surface area contributed by atoms with E-state index in [2.05, 4.69) is 18.4 Å². The number of rotatable bonds is 18. The van der Waals surface area contributed by atoms with Crippen LogP contribution in [0.2, 0.25) is 0 Å². The van der Waals surface area contributed by atoms with E-state index in [1.165, 1.54) is 24.3 Å². The van der Waals surface area contributed by atoms with Gasteiger partial charge in [-0.1, -0.05) is 42.5 Å². The number of carboxylic acid groups (broad SMARTS) is 1. The SMILES string of the molecule is CC1(C)C(C=CC2=C(Oc3ccc(S(=O)(=O)O)cc3)C(=CC=C3N(CCCS(=O)(=O)[O-])c4ccccc4C3(C)CCCC(=O)O)CCC2)=[N+](CCCS(=O)(=O)O)c2ccccc21. The minimum Gasteiger partial charge on any atom is -0.748 e. The van der Waals surface area contributed by atoms with E-state index in [4.69, 9.17) is 4.74 Å². The van der Waals surface area contributed by atoms with Gasteiger partial charge in [-0.25, -0.2) is 8.42 Å². The number of hydrogen-bond acceptors (Lipinski definition) is 10. The number of nitrogens with zero attached hydrogens (tertiary/aromatic N) is 2. The summed E-state index contributed by atoms with van der Waals surface area (Å²) in [5, 5.41) is 9.53. The van der Waals surface area contributed by atoms with E-state index in [0.717, 1.165) is 51.5 Å². The zero-order valence-corrected chi connectivity index (χ0v) is 37.3. The second kappa shape index (κ2) is 18.4. The average Bonchev–Trinajstić information content (AvgIpc) is 3.55. The Morgan fingerprint density at radius 2 is 1.52 bits per heavy atom. The van der Waals surface area contributed by atoms with E-state index < -0.39 is 58.7 Å². The Bertz CT molecular complexity index is 2720. The molecule has 0 saturated heterocycles. The first-order chi connectivity index (χ1) is 29.1. The fourth-order valence-electron chi connectivity index (χ4n) is 8.81. The molecule has 1 atom stereocenters. The molecule has 3 aliphatic rings. The van der Waals surface area contributed by atoms with Crippen LogP contribution in [0.25, 0.3) is 0 Å². The summed E-state index contributed by atoms with van der Waals surface area (Å²) < 4.78 is 110. The number of benzene rings is 3. The second-order valence-electron chi connectivity index (χ2n) is 16.5. The van der Waals surface area contributed by atoms with Gasteiger partial charge in [0, 0.05) is 59.6 Å². The first-order valence-electron chi connectivity index (χ1n) is 20.4. The Morgan fingerprint density at radius 3 is 2.18 bits per heavy atom. The van der Waals surface area contributed by atoms with Crippen molar-refractivity contribution in [1.29, 1.82) is 0 Å². The molecule has 6 rings (SSSR count). The number of ether oxygens (including phenoxy) is 1. The summed E-state index contributed by atoms with van der Waals surface area (Å²) in [6.45, 7) is 6.74. The van der Waals surface area contributed by atoms with Gasteiger partial charge in [-0.3, -0.25) is 13.9 Å². The Balaban J connectivity index is 1.48. The molecule has 332 valence electrons. The van der Waals surface area contributed by atoms with E-state index >= 15 is 0 Å².